The van der Waals surface area contributed by atoms with Crippen LogP contribution in [0.15, 0.2) is 30.7 Å². The van der Waals surface area contributed by atoms with Crippen LogP contribution in [0.2, 0.25) is 5.02 Å². The number of nitrogens with two attached hydrogens (primary N) is 1. The van der Waals surface area contributed by atoms with Gasteiger partial charge in [0, 0.05) is 41.3 Å². The normalized spacial score (nSPS) is 19.4. The Bertz CT molecular complexity index is 1250. The summed E-state index contributed by atoms with van der Waals surface area (Å²) < 4.78 is 25.3. The van der Waals surface area contributed by atoms with Crippen molar-refractivity contribution in [2.24, 2.45) is 5.14 Å². The molecule has 1 aliphatic carbocycles. The zero-order valence-corrected chi connectivity index (χ0v) is 17.0. The molecule has 0 spiro atoms. The zero-order valence-electron chi connectivity index (χ0n) is 15.5. The fourth-order valence-corrected chi connectivity index (χ4v) is 4.98. The SMILES string of the molecule is [C-]#[N+]c1cc2c(-c3cncc(C)c3Cl)cn(C3CC(S(N)(=O)=O)C3)c2cc1C. The van der Waals surface area contributed by atoms with Crippen molar-refractivity contribution < 1.29 is 8.42 Å². The molecule has 1 aliphatic rings. The van der Waals surface area contributed by atoms with Crippen molar-refractivity contribution in [3.05, 3.63) is 58.3 Å². The van der Waals surface area contributed by atoms with Gasteiger partial charge in [0.15, 0.2) is 5.69 Å². The Morgan fingerprint density at radius 1 is 1.21 bits per heavy atom. The maximum Gasteiger partial charge on any atom is 0.212 e. The minimum absolute atomic E-state index is 0.0364. The van der Waals surface area contributed by atoms with Crippen LogP contribution in [0, 0.1) is 20.4 Å². The third-order valence-corrected chi connectivity index (χ3v) is 7.36. The fourth-order valence-electron chi connectivity index (χ4n) is 3.80. The number of hydrogen-bond donors (Lipinski definition) is 1. The first-order valence-corrected chi connectivity index (χ1v) is 10.8. The highest BCUT2D eigenvalue weighted by atomic mass is 35.5. The molecule has 2 heterocycles. The topological polar surface area (TPSA) is 82.3 Å². The van der Waals surface area contributed by atoms with Gasteiger partial charge in [-0.25, -0.2) is 18.4 Å². The van der Waals surface area contributed by atoms with Crippen LogP contribution < -0.4 is 5.14 Å². The molecule has 2 N–H and O–H groups in total. The van der Waals surface area contributed by atoms with Gasteiger partial charge in [-0.05, 0) is 55.3 Å². The molecule has 1 saturated carbocycles. The Morgan fingerprint density at radius 2 is 1.93 bits per heavy atom. The second-order valence-corrected chi connectivity index (χ2v) is 9.59. The van der Waals surface area contributed by atoms with E-state index in [1.54, 1.807) is 12.4 Å². The third-order valence-electron chi connectivity index (χ3n) is 5.54. The number of primary sulfonamides is 1. The fraction of sp³-hybridized carbons (Fsp3) is 0.300. The number of aromatic nitrogens is 2. The quantitative estimate of drug-likeness (QED) is 0.640. The molecule has 6 nitrogen and oxygen atoms in total. The van der Waals surface area contributed by atoms with Gasteiger partial charge in [0.25, 0.3) is 0 Å². The highest BCUT2D eigenvalue weighted by Crippen LogP contribution is 2.44. The van der Waals surface area contributed by atoms with Crippen molar-refractivity contribution in [1.82, 2.24) is 9.55 Å². The van der Waals surface area contributed by atoms with E-state index >= 15 is 0 Å². The summed E-state index contributed by atoms with van der Waals surface area (Å²) in [5.74, 6) is 0. The maximum atomic E-state index is 11.6. The number of sulfonamides is 1. The van der Waals surface area contributed by atoms with Gasteiger partial charge < -0.3 is 4.57 Å². The molecule has 0 amide bonds. The number of pyridine rings is 1. The van der Waals surface area contributed by atoms with E-state index in [0.717, 1.165) is 33.2 Å². The molecule has 4 rings (SSSR count). The zero-order chi connectivity index (χ0) is 20.2. The van der Waals surface area contributed by atoms with Gasteiger partial charge in [-0.3, -0.25) is 4.98 Å². The minimum Gasteiger partial charge on any atom is -0.344 e. The molecule has 1 fully saturated rings. The molecule has 0 bridgehead atoms. The molecule has 0 radical (unpaired) electrons. The van der Waals surface area contributed by atoms with Gasteiger partial charge in [0.1, 0.15) is 0 Å². The van der Waals surface area contributed by atoms with Crippen LogP contribution in [-0.4, -0.2) is 23.2 Å². The lowest BCUT2D eigenvalue weighted by atomic mass is 9.92. The average molecular weight is 415 g/mol. The maximum absolute atomic E-state index is 11.6. The summed E-state index contributed by atoms with van der Waals surface area (Å²) in [6, 6.07) is 3.89. The lowest BCUT2D eigenvalue weighted by Gasteiger charge is -2.35. The molecule has 0 unspecified atom stereocenters. The Labute approximate surface area is 168 Å². The van der Waals surface area contributed by atoms with Crippen LogP contribution >= 0.6 is 11.6 Å². The van der Waals surface area contributed by atoms with Crippen molar-refractivity contribution in [3.8, 4) is 11.1 Å². The molecule has 144 valence electrons. The van der Waals surface area contributed by atoms with Crippen molar-refractivity contribution in [2.75, 3.05) is 0 Å². The van der Waals surface area contributed by atoms with Gasteiger partial charge in [-0.1, -0.05) is 11.6 Å². The van der Waals surface area contributed by atoms with E-state index in [1.165, 1.54) is 0 Å². The monoisotopic (exact) mass is 414 g/mol. The molecule has 3 aromatic rings. The van der Waals surface area contributed by atoms with E-state index < -0.39 is 15.3 Å². The van der Waals surface area contributed by atoms with Crippen molar-refractivity contribution in [1.29, 1.82) is 0 Å². The summed E-state index contributed by atoms with van der Waals surface area (Å²) in [4.78, 5) is 7.89. The number of benzene rings is 1. The van der Waals surface area contributed by atoms with Crippen LogP contribution in [0.3, 0.4) is 0 Å². The van der Waals surface area contributed by atoms with Gasteiger partial charge in [-0.2, -0.15) is 0 Å². The van der Waals surface area contributed by atoms with E-state index in [4.69, 9.17) is 23.3 Å². The molecule has 0 saturated heterocycles. The Hall–Kier alpha value is -2.40. The molecule has 8 heteroatoms. The largest absolute Gasteiger partial charge is 0.344 e. The van der Waals surface area contributed by atoms with Crippen LogP contribution in [0.4, 0.5) is 5.69 Å². The molecule has 28 heavy (non-hydrogen) atoms. The number of halogens is 1. The van der Waals surface area contributed by atoms with Crippen molar-refractivity contribution >= 4 is 38.2 Å². The van der Waals surface area contributed by atoms with Crippen LogP contribution in [-0.2, 0) is 10.0 Å². The van der Waals surface area contributed by atoms with Gasteiger partial charge >= 0.3 is 0 Å². The second kappa shape index (κ2) is 6.59. The first-order valence-electron chi connectivity index (χ1n) is 8.85. The molecule has 1 aromatic carbocycles. The molecular formula is C20H19ClN4O2S. The number of fused-ring (bicyclic) bond motifs is 1. The average Bonchev–Trinajstić information content (AvgIpc) is 2.92. The summed E-state index contributed by atoms with van der Waals surface area (Å²) >= 11 is 6.55. The summed E-state index contributed by atoms with van der Waals surface area (Å²) in [6.45, 7) is 11.2. The third kappa shape index (κ3) is 2.98. The number of hydrogen-bond acceptors (Lipinski definition) is 3. The first-order chi connectivity index (χ1) is 13.2. The van der Waals surface area contributed by atoms with Crippen molar-refractivity contribution in [3.63, 3.8) is 0 Å². The lowest BCUT2D eigenvalue weighted by Crippen LogP contribution is -2.40. The van der Waals surface area contributed by atoms with Gasteiger partial charge in [-0.15, -0.1) is 0 Å². The highest BCUT2D eigenvalue weighted by Gasteiger charge is 2.38. The highest BCUT2D eigenvalue weighted by molar-refractivity contribution is 7.89. The summed E-state index contributed by atoms with van der Waals surface area (Å²) in [6.07, 6.45) is 6.38. The standard InChI is InChI=1S/C20H19ClN4O2S/c1-11-4-19-15(7-18(11)23-3)17(16-9-24-8-12(2)20(16)21)10-25(19)13-5-14(6-13)28(22,26)27/h4,7-10,13-14H,5-6H2,1-2H3,(H2,22,26,27). The summed E-state index contributed by atoms with van der Waals surface area (Å²) in [5, 5.41) is 6.31. The molecule has 2 aromatic heterocycles. The Kier molecular flexibility index (Phi) is 4.46. The van der Waals surface area contributed by atoms with E-state index in [-0.39, 0.29) is 6.04 Å². The number of nitrogens with zero attached hydrogens (tertiary/aromatic N) is 3. The number of aryl methyl sites for hydroxylation is 2. The van der Waals surface area contributed by atoms with Crippen LogP contribution in [0.25, 0.3) is 26.9 Å². The molecular weight excluding hydrogens is 396 g/mol. The van der Waals surface area contributed by atoms with Crippen LogP contribution in [0.1, 0.15) is 30.0 Å². The first kappa shape index (κ1) is 18.9. The molecule has 0 atom stereocenters. The van der Waals surface area contributed by atoms with Crippen LogP contribution in [0.5, 0.6) is 0 Å². The van der Waals surface area contributed by atoms with E-state index in [2.05, 4.69) is 14.4 Å². The summed E-state index contributed by atoms with van der Waals surface area (Å²) in [5.41, 5.74) is 4.97. The summed E-state index contributed by atoms with van der Waals surface area (Å²) in [7, 11) is -3.52. The minimum atomic E-state index is -3.52. The van der Waals surface area contributed by atoms with E-state index in [9.17, 15) is 8.42 Å². The second-order valence-electron chi connectivity index (χ2n) is 7.37. The van der Waals surface area contributed by atoms with Gasteiger partial charge in [0.05, 0.1) is 16.8 Å². The Morgan fingerprint density at radius 3 is 2.57 bits per heavy atom. The Balaban J connectivity index is 1.91. The lowest BCUT2D eigenvalue weighted by molar-refractivity contribution is 0.321. The smallest absolute Gasteiger partial charge is 0.212 e. The van der Waals surface area contributed by atoms with E-state index in [1.807, 2.05) is 32.2 Å². The predicted octanol–water partition coefficient (Wildman–Crippen LogP) is 4.52. The number of rotatable bonds is 3. The predicted molar refractivity (Wildman–Crippen MR) is 111 cm³/mol. The van der Waals surface area contributed by atoms with E-state index in [0.29, 0.717) is 23.6 Å². The van der Waals surface area contributed by atoms with Gasteiger partial charge in [0.2, 0.25) is 10.0 Å². The molecule has 0 aliphatic heterocycles. The van der Waals surface area contributed by atoms with Crippen molar-refractivity contribution in [2.45, 2.75) is 38.0 Å².